The number of hydrogen-bond acceptors (Lipinski definition) is 5. The molecular weight excluding hydrogens is 378 g/mol. The van der Waals surface area contributed by atoms with Crippen LogP contribution in [0.3, 0.4) is 0 Å². The molecule has 0 radical (unpaired) electrons. The first kappa shape index (κ1) is 15.9. The molecule has 0 aliphatic rings. The number of amides is 2. The third-order valence-corrected chi connectivity index (χ3v) is 3.67. The van der Waals surface area contributed by atoms with Crippen LogP contribution in [0.4, 0.5) is 0 Å². The summed E-state index contributed by atoms with van der Waals surface area (Å²) >= 11 is 3.29. The first-order valence-corrected chi connectivity index (χ1v) is 7.60. The molecule has 0 saturated carbocycles. The molecule has 0 bridgehead atoms. The van der Waals surface area contributed by atoms with Crippen LogP contribution in [0.5, 0.6) is 0 Å². The highest BCUT2D eigenvalue weighted by Crippen LogP contribution is 2.14. The van der Waals surface area contributed by atoms with Crippen molar-refractivity contribution < 1.29 is 9.59 Å². The zero-order valence-corrected chi connectivity index (χ0v) is 14.1. The minimum atomic E-state index is -0.484. The lowest BCUT2D eigenvalue weighted by atomic mass is 10.1. The van der Waals surface area contributed by atoms with Gasteiger partial charge in [0.05, 0.1) is 11.3 Å². The Morgan fingerprint density at radius 3 is 2.58 bits per heavy atom. The minimum Gasteiger partial charge on any atom is -0.345 e. The van der Waals surface area contributed by atoms with Crippen molar-refractivity contribution in [2.24, 2.45) is 7.05 Å². The number of tetrazole rings is 1. The topological polar surface area (TPSA) is 107 Å². The molecule has 9 nitrogen and oxygen atoms in total. The lowest BCUT2D eigenvalue weighted by molar-refractivity contribution is 0.0842. The maximum Gasteiger partial charge on any atom is 0.286 e. The Hall–Kier alpha value is -3.01. The fraction of sp³-hybridized carbons (Fsp3) is 0.0714. The smallest absolute Gasteiger partial charge is 0.286 e. The first-order valence-electron chi connectivity index (χ1n) is 6.81. The Morgan fingerprint density at radius 1 is 1.17 bits per heavy atom. The lowest BCUT2D eigenvalue weighted by Crippen LogP contribution is -2.42. The van der Waals surface area contributed by atoms with E-state index in [4.69, 9.17) is 0 Å². The summed E-state index contributed by atoms with van der Waals surface area (Å²) in [4.78, 5) is 24.5. The SMILES string of the molecule is Cn1cc(Br)cc1C(=O)NNC(=O)c1ccccc1-n1cnnn1. The molecule has 122 valence electrons. The third-order valence-electron chi connectivity index (χ3n) is 3.24. The molecule has 0 atom stereocenters. The Bertz CT molecular complexity index is 888. The standard InChI is InChI=1S/C14H12BrN7O2/c1-21-7-9(15)6-12(21)14(24)18-17-13(23)10-4-2-3-5-11(10)22-8-16-19-20-22/h2-8H,1H3,(H,17,23)(H,18,24). The van der Waals surface area contributed by atoms with Gasteiger partial charge < -0.3 is 4.57 Å². The van der Waals surface area contributed by atoms with Crippen LogP contribution in [0.15, 0.2) is 47.3 Å². The summed E-state index contributed by atoms with van der Waals surface area (Å²) < 4.78 is 3.77. The van der Waals surface area contributed by atoms with E-state index in [-0.39, 0.29) is 0 Å². The number of benzene rings is 1. The zero-order chi connectivity index (χ0) is 17.1. The Morgan fingerprint density at radius 2 is 1.92 bits per heavy atom. The molecule has 2 aromatic heterocycles. The molecule has 1 aromatic carbocycles. The van der Waals surface area contributed by atoms with Gasteiger partial charge in [0.2, 0.25) is 0 Å². The molecule has 0 aliphatic heterocycles. The van der Waals surface area contributed by atoms with Crippen molar-refractivity contribution in [2.75, 3.05) is 0 Å². The van der Waals surface area contributed by atoms with Crippen LogP contribution in [0, 0.1) is 0 Å². The molecule has 0 spiro atoms. The van der Waals surface area contributed by atoms with Gasteiger partial charge in [-0.1, -0.05) is 12.1 Å². The van der Waals surface area contributed by atoms with Crippen LogP contribution in [-0.4, -0.2) is 36.6 Å². The Balaban J connectivity index is 1.74. The number of rotatable bonds is 3. The van der Waals surface area contributed by atoms with Crippen molar-refractivity contribution in [3.05, 3.63) is 58.6 Å². The molecule has 3 rings (SSSR count). The van der Waals surface area contributed by atoms with Gasteiger partial charge in [-0.25, -0.2) is 0 Å². The van der Waals surface area contributed by atoms with Crippen molar-refractivity contribution in [1.82, 2.24) is 35.6 Å². The van der Waals surface area contributed by atoms with E-state index >= 15 is 0 Å². The summed E-state index contributed by atoms with van der Waals surface area (Å²) in [6.45, 7) is 0. The van der Waals surface area contributed by atoms with Crippen molar-refractivity contribution >= 4 is 27.7 Å². The molecule has 2 heterocycles. The molecule has 2 N–H and O–H groups in total. The number of carbonyl (C=O) groups excluding carboxylic acids is 2. The first-order chi connectivity index (χ1) is 11.6. The maximum atomic E-state index is 12.4. The van der Waals surface area contributed by atoms with Crippen LogP contribution in [0.25, 0.3) is 5.69 Å². The fourth-order valence-electron chi connectivity index (χ4n) is 2.13. The third kappa shape index (κ3) is 3.18. The van der Waals surface area contributed by atoms with Gasteiger partial charge in [0, 0.05) is 17.7 Å². The molecule has 0 unspecified atom stereocenters. The van der Waals surface area contributed by atoms with Gasteiger partial charge >= 0.3 is 0 Å². The largest absolute Gasteiger partial charge is 0.345 e. The van der Waals surface area contributed by atoms with Gasteiger partial charge in [-0.15, -0.1) is 5.10 Å². The number of aryl methyl sites for hydroxylation is 1. The van der Waals surface area contributed by atoms with Crippen LogP contribution in [0.2, 0.25) is 0 Å². The lowest BCUT2D eigenvalue weighted by Gasteiger charge is -2.10. The second-order valence-electron chi connectivity index (χ2n) is 4.83. The van der Waals surface area contributed by atoms with Gasteiger partial charge in [-0.3, -0.25) is 20.4 Å². The van der Waals surface area contributed by atoms with E-state index in [1.54, 1.807) is 48.1 Å². The van der Waals surface area contributed by atoms with Crippen LogP contribution >= 0.6 is 15.9 Å². The van der Waals surface area contributed by atoms with E-state index in [2.05, 4.69) is 42.3 Å². The summed E-state index contributed by atoms with van der Waals surface area (Å²) in [5.74, 6) is -0.917. The number of aromatic nitrogens is 5. The summed E-state index contributed by atoms with van der Waals surface area (Å²) in [5.41, 5.74) is 5.98. The number of halogens is 1. The van der Waals surface area contributed by atoms with Crippen molar-refractivity contribution in [2.45, 2.75) is 0 Å². The van der Waals surface area contributed by atoms with E-state index in [0.717, 1.165) is 4.47 Å². The predicted octanol–water partition coefficient (Wildman–Crippen LogP) is 0.838. The molecule has 10 heteroatoms. The Labute approximate surface area is 144 Å². The van der Waals surface area contributed by atoms with Crippen molar-refractivity contribution in [3.8, 4) is 5.69 Å². The van der Waals surface area contributed by atoms with E-state index in [0.29, 0.717) is 16.9 Å². The van der Waals surface area contributed by atoms with Gasteiger partial charge in [-0.05, 0) is 44.6 Å². The van der Waals surface area contributed by atoms with E-state index < -0.39 is 11.8 Å². The highest BCUT2D eigenvalue weighted by Gasteiger charge is 2.16. The molecule has 3 aromatic rings. The van der Waals surface area contributed by atoms with Crippen molar-refractivity contribution in [1.29, 1.82) is 0 Å². The highest BCUT2D eigenvalue weighted by atomic mass is 79.9. The number of carbonyl (C=O) groups is 2. The molecule has 0 aliphatic carbocycles. The summed E-state index contributed by atoms with van der Waals surface area (Å²) in [6, 6.07) is 8.42. The Kier molecular flexibility index (Phi) is 4.38. The highest BCUT2D eigenvalue weighted by molar-refractivity contribution is 9.10. The monoisotopic (exact) mass is 389 g/mol. The molecule has 2 amide bonds. The van der Waals surface area contributed by atoms with Gasteiger partial charge in [0.1, 0.15) is 12.0 Å². The zero-order valence-electron chi connectivity index (χ0n) is 12.5. The van der Waals surface area contributed by atoms with E-state index in [1.165, 1.54) is 11.0 Å². The van der Waals surface area contributed by atoms with Gasteiger partial charge in [-0.2, -0.15) is 4.68 Å². The molecule has 0 fully saturated rings. The number of nitrogens with one attached hydrogen (secondary N) is 2. The van der Waals surface area contributed by atoms with E-state index in [9.17, 15) is 9.59 Å². The van der Waals surface area contributed by atoms with Crippen LogP contribution < -0.4 is 10.9 Å². The number of hydrogen-bond donors (Lipinski definition) is 2. The predicted molar refractivity (Wildman–Crippen MR) is 87.2 cm³/mol. The number of nitrogens with zero attached hydrogens (tertiary/aromatic N) is 5. The summed E-state index contributed by atoms with van der Waals surface area (Å²) in [5, 5.41) is 10.9. The average Bonchev–Trinajstić information content (AvgIpc) is 3.22. The summed E-state index contributed by atoms with van der Waals surface area (Å²) in [7, 11) is 1.73. The number of para-hydroxylation sites is 1. The van der Waals surface area contributed by atoms with Gasteiger partial charge in [0.25, 0.3) is 11.8 Å². The van der Waals surface area contributed by atoms with Crippen LogP contribution in [-0.2, 0) is 7.05 Å². The fourth-order valence-corrected chi connectivity index (χ4v) is 2.66. The minimum absolute atomic E-state index is 0.318. The molecular formula is C14H12BrN7O2. The molecule has 24 heavy (non-hydrogen) atoms. The second kappa shape index (κ2) is 6.62. The van der Waals surface area contributed by atoms with E-state index in [1.807, 2.05) is 0 Å². The maximum absolute atomic E-state index is 12.4. The second-order valence-corrected chi connectivity index (χ2v) is 5.75. The quantitative estimate of drug-likeness (QED) is 0.645. The number of hydrazine groups is 1. The van der Waals surface area contributed by atoms with Crippen LogP contribution in [0.1, 0.15) is 20.8 Å². The van der Waals surface area contributed by atoms with Crippen molar-refractivity contribution in [3.63, 3.8) is 0 Å². The molecule has 0 saturated heterocycles. The average molecular weight is 390 g/mol. The summed E-state index contributed by atoms with van der Waals surface area (Å²) in [6.07, 6.45) is 3.12. The van der Waals surface area contributed by atoms with Gasteiger partial charge in [0.15, 0.2) is 0 Å². The normalized spacial score (nSPS) is 10.4.